The van der Waals surface area contributed by atoms with E-state index in [9.17, 15) is 0 Å². The lowest BCUT2D eigenvalue weighted by molar-refractivity contribution is -0.0502. The van der Waals surface area contributed by atoms with Gasteiger partial charge in [-0.15, -0.1) is 0 Å². The smallest absolute Gasteiger partial charge is 0.0471 e. The fourth-order valence-electron chi connectivity index (χ4n) is 2.41. The van der Waals surface area contributed by atoms with E-state index in [1.807, 2.05) is 0 Å². The molecule has 0 unspecified atom stereocenters. The molecule has 1 aliphatic heterocycles. The normalized spacial score (nSPS) is 23.1. The van der Waals surface area contributed by atoms with E-state index in [-0.39, 0.29) is 0 Å². The van der Waals surface area contributed by atoms with Gasteiger partial charge < -0.3 is 10.5 Å². The number of hydrogen-bond donors (Lipinski definition) is 1. The van der Waals surface area contributed by atoms with Crippen molar-refractivity contribution in [2.75, 3.05) is 19.8 Å². The first-order chi connectivity index (χ1) is 6.02. The van der Waals surface area contributed by atoms with Gasteiger partial charge in [0.05, 0.1) is 0 Å². The first kappa shape index (κ1) is 11.0. The highest BCUT2D eigenvalue weighted by Crippen LogP contribution is 2.48. The Balaban J connectivity index is 2.73. The highest BCUT2D eigenvalue weighted by atomic mass is 16.5. The van der Waals surface area contributed by atoms with Crippen molar-refractivity contribution in [3.63, 3.8) is 0 Å². The number of hydrogen-bond acceptors (Lipinski definition) is 2. The van der Waals surface area contributed by atoms with Crippen LogP contribution in [-0.4, -0.2) is 19.8 Å². The summed E-state index contributed by atoms with van der Waals surface area (Å²) in [5, 5.41) is 0. The van der Waals surface area contributed by atoms with E-state index >= 15 is 0 Å². The fourth-order valence-corrected chi connectivity index (χ4v) is 2.41. The van der Waals surface area contributed by atoms with Crippen molar-refractivity contribution in [1.82, 2.24) is 0 Å². The van der Waals surface area contributed by atoms with Crippen LogP contribution in [0.4, 0.5) is 0 Å². The zero-order chi connectivity index (χ0) is 9.95. The SMILES string of the molecule is CC(C)(C)C1(CCN)CCOCC1. The van der Waals surface area contributed by atoms with Crippen LogP contribution in [0.25, 0.3) is 0 Å². The number of rotatable bonds is 2. The Kier molecular flexibility index (Phi) is 3.36. The van der Waals surface area contributed by atoms with Gasteiger partial charge in [0.15, 0.2) is 0 Å². The topological polar surface area (TPSA) is 35.2 Å². The summed E-state index contributed by atoms with van der Waals surface area (Å²) in [6, 6.07) is 0. The van der Waals surface area contributed by atoms with Crippen LogP contribution in [0, 0.1) is 10.8 Å². The van der Waals surface area contributed by atoms with Crippen molar-refractivity contribution in [2.24, 2.45) is 16.6 Å². The van der Waals surface area contributed by atoms with Crippen LogP contribution in [0.1, 0.15) is 40.0 Å². The molecule has 1 aliphatic rings. The molecule has 78 valence electrons. The molecule has 2 N–H and O–H groups in total. The van der Waals surface area contributed by atoms with Gasteiger partial charge in [0.25, 0.3) is 0 Å². The highest BCUT2D eigenvalue weighted by molar-refractivity contribution is 4.91. The summed E-state index contributed by atoms with van der Waals surface area (Å²) in [6.45, 7) is 9.61. The van der Waals surface area contributed by atoms with Crippen LogP contribution in [0.15, 0.2) is 0 Å². The van der Waals surface area contributed by atoms with Gasteiger partial charge in [-0.3, -0.25) is 0 Å². The van der Waals surface area contributed by atoms with Crippen molar-refractivity contribution >= 4 is 0 Å². The molecule has 0 aliphatic carbocycles. The minimum Gasteiger partial charge on any atom is -0.381 e. The molecule has 2 nitrogen and oxygen atoms in total. The Morgan fingerprint density at radius 3 is 2.15 bits per heavy atom. The summed E-state index contributed by atoms with van der Waals surface area (Å²) in [5.41, 5.74) is 6.47. The quantitative estimate of drug-likeness (QED) is 0.715. The Morgan fingerprint density at radius 1 is 1.23 bits per heavy atom. The van der Waals surface area contributed by atoms with Crippen LogP contribution in [0.5, 0.6) is 0 Å². The van der Waals surface area contributed by atoms with Gasteiger partial charge >= 0.3 is 0 Å². The molecule has 0 aromatic heterocycles. The second kappa shape index (κ2) is 3.97. The second-order valence-corrected chi connectivity index (χ2v) is 5.18. The molecule has 0 atom stereocenters. The van der Waals surface area contributed by atoms with Gasteiger partial charge in [-0.05, 0) is 36.6 Å². The molecule has 1 heterocycles. The van der Waals surface area contributed by atoms with E-state index in [1.54, 1.807) is 0 Å². The molecule has 0 saturated carbocycles. The summed E-state index contributed by atoms with van der Waals surface area (Å²) in [6.07, 6.45) is 3.49. The van der Waals surface area contributed by atoms with Gasteiger partial charge in [-0.25, -0.2) is 0 Å². The van der Waals surface area contributed by atoms with E-state index in [2.05, 4.69) is 20.8 Å². The molecular weight excluding hydrogens is 162 g/mol. The van der Waals surface area contributed by atoms with Crippen molar-refractivity contribution in [3.05, 3.63) is 0 Å². The average molecular weight is 185 g/mol. The number of ether oxygens (including phenoxy) is 1. The minimum absolute atomic E-state index is 0.357. The molecule has 0 amide bonds. The van der Waals surface area contributed by atoms with Crippen molar-refractivity contribution < 1.29 is 4.74 Å². The summed E-state index contributed by atoms with van der Waals surface area (Å²) in [5.74, 6) is 0. The Hall–Kier alpha value is -0.0800. The van der Waals surface area contributed by atoms with E-state index in [4.69, 9.17) is 10.5 Å². The summed E-state index contributed by atoms with van der Waals surface area (Å²) < 4.78 is 5.43. The molecule has 1 rings (SSSR count). The van der Waals surface area contributed by atoms with E-state index in [1.165, 1.54) is 12.8 Å². The van der Waals surface area contributed by atoms with Crippen molar-refractivity contribution in [3.8, 4) is 0 Å². The monoisotopic (exact) mass is 185 g/mol. The van der Waals surface area contributed by atoms with Gasteiger partial charge in [0.1, 0.15) is 0 Å². The average Bonchev–Trinajstić information content (AvgIpc) is 2.04. The summed E-state index contributed by atoms with van der Waals surface area (Å²) in [7, 11) is 0. The predicted octanol–water partition coefficient (Wildman–Crippen LogP) is 2.18. The van der Waals surface area contributed by atoms with Gasteiger partial charge in [-0.2, -0.15) is 0 Å². The molecule has 0 spiro atoms. The molecule has 0 radical (unpaired) electrons. The van der Waals surface area contributed by atoms with Crippen LogP contribution in [0.2, 0.25) is 0 Å². The molecule has 0 aromatic rings. The van der Waals surface area contributed by atoms with Crippen molar-refractivity contribution in [1.29, 1.82) is 0 Å². The van der Waals surface area contributed by atoms with Crippen molar-refractivity contribution in [2.45, 2.75) is 40.0 Å². The van der Waals surface area contributed by atoms with Gasteiger partial charge in [0, 0.05) is 13.2 Å². The maximum atomic E-state index is 5.70. The highest BCUT2D eigenvalue weighted by Gasteiger charge is 2.41. The molecular formula is C11H23NO. The molecule has 1 saturated heterocycles. The molecule has 13 heavy (non-hydrogen) atoms. The Labute approximate surface area is 81.8 Å². The molecule has 2 heteroatoms. The summed E-state index contributed by atoms with van der Waals surface area (Å²) >= 11 is 0. The van der Waals surface area contributed by atoms with Crippen LogP contribution in [0.3, 0.4) is 0 Å². The Morgan fingerprint density at radius 2 is 1.77 bits per heavy atom. The predicted molar refractivity (Wildman–Crippen MR) is 55.6 cm³/mol. The third-order valence-corrected chi connectivity index (χ3v) is 3.66. The van der Waals surface area contributed by atoms with Crippen LogP contribution in [-0.2, 0) is 4.74 Å². The van der Waals surface area contributed by atoms with Gasteiger partial charge in [-0.1, -0.05) is 20.8 Å². The lowest BCUT2D eigenvalue weighted by Gasteiger charge is -2.47. The van der Waals surface area contributed by atoms with E-state index in [0.29, 0.717) is 10.8 Å². The number of nitrogens with two attached hydrogens (primary N) is 1. The molecule has 0 bridgehead atoms. The third-order valence-electron chi connectivity index (χ3n) is 3.66. The largest absolute Gasteiger partial charge is 0.381 e. The van der Waals surface area contributed by atoms with Crippen LogP contribution < -0.4 is 5.73 Å². The third kappa shape index (κ3) is 2.23. The molecule has 1 fully saturated rings. The fraction of sp³-hybridized carbons (Fsp3) is 1.00. The maximum absolute atomic E-state index is 5.70. The second-order valence-electron chi connectivity index (χ2n) is 5.18. The molecule has 0 aromatic carbocycles. The zero-order valence-corrected chi connectivity index (χ0v) is 9.23. The summed E-state index contributed by atoms with van der Waals surface area (Å²) in [4.78, 5) is 0. The van der Waals surface area contributed by atoms with Gasteiger partial charge in [0.2, 0.25) is 0 Å². The lowest BCUT2D eigenvalue weighted by atomic mass is 9.60. The zero-order valence-electron chi connectivity index (χ0n) is 9.23. The van der Waals surface area contributed by atoms with E-state index < -0.39 is 0 Å². The standard InChI is InChI=1S/C11H23NO/c1-10(2,3)11(4-7-12)5-8-13-9-6-11/h4-9,12H2,1-3H3. The minimum atomic E-state index is 0.357. The maximum Gasteiger partial charge on any atom is 0.0471 e. The first-order valence-electron chi connectivity index (χ1n) is 5.30. The lowest BCUT2D eigenvalue weighted by Crippen LogP contribution is -2.42. The van der Waals surface area contributed by atoms with Crippen LogP contribution >= 0.6 is 0 Å². The first-order valence-corrected chi connectivity index (χ1v) is 5.30. The Bertz CT molecular complexity index is 148. The van der Waals surface area contributed by atoms with E-state index in [0.717, 1.165) is 26.2 Å².